The number of carbonyl (C=O) groups is 1. The van der Waals surface area contributed by atoms with E-state index in [0.717, 1.165) is 38.5 Å². The Morgan fingerprint density at radius 2 is 1.94 bits per heavy atom. The van der Waals surface area contributed by atoms with E-state index in [1.54, 1.807) is 0 Å². The average molecular weight is 240 g/mol. The van der Waals surface area contributed by atoms with Gasteiger partial charge in [0.15, 0.2) is 0 Å². The molecule has 0 unspecified atom stereocenters. The lowest BCUT2D eigenvalue weighted by molar-refractivity contribution is -0.134. The number of hydrogen-bond acceptors (Lipinski definition) is 3. The Morgan fingerprint density at radius 1 is 1.35 bits per heavy atom. The Balaban J connectivity index is 2.00. The summed E-state index contributed by atoms with van der Waals surface area (Å²) < 4.78 is 0. The predicted octanol–water partition coefficient (Wildman–Crippen LogP) is 0.783. The molecule has 0 heterocycles. The van der Waals surface area contributed by atoms with E-state index in [-0.39, 0.29) is 23.5 Å². The van der Waals surface area contributed by atoms with E-state index >= 15 is 0 Å². The van der Waals surface area contributed by atoms with Gasteiger partial charge in [0.1, 0.15) is 0 Å². The molecule has 4 heteroatoms. The molecule has 1 amide bonds. The molecule has 0 aliphatic heterocycles. The number of carbonyl (C=O) groups excluding carboxylic acids is 1. The minimum Gasteiger partial charge on any atom is -0.394 e. The molecular formula is C13H24N2O2. The Kier molecular flexibility index (Phi) is 3.46. The highest BCUT2D eigenvalue weighted by Crippen LogP contribution is 2.41. The molecule has 98 valence electrons. The van der Waals surface area contributed by atoms with Crippen LogP contribution < -0.4 is 11.1 Å². The monoisotopic (exact) mass is 240 g/mol. The summed E-state index contributed by atoms with van der Waals surface area (Å²) in [5, 5.41) is 12.3. The highest BCUT2D eigenvalue weighted by molar-refractivity contribution is 5.84. The second-order valence-electron chi connectivity index (χ2n) is 6.06. The predicted molar refractivity (Wildman–Crippen MR) is 66.3 cm³/mol. The average Bonchev–Trinajstić information content (AvgIpc) is 3.11. The quantitative estimate of drug-likeness (QED) is 0.680. The first-order valence-electron chi connectivity index (χ1n) is 6.69. The highest BCUT2D eigenvalue weighted by Gasteiger charge is 2.48. The first-order valence-corrected chi connectivity index (χ1v) is 6.69. The lowest BCUT2D eigenvalue weighted by atomic mass is 9.70. The van der Waals surface area contributed by atoms with Crippen molar-refractivity contribution < 1.29 is 9.90 Å². The van der Waals surface area contributed by atoms with Crippen molar-refractivity contribution in [3.8, 4) is 0 Å². The van der Waals surface area contributed by atoms with Crippen molar-refractivity contribution in [2.75, 3.05) is 13.2 Å². The van der Waals surface area contributed by atoms with E-state index in [4.69, 9.17) is 5.73 Å². The van der Waals surface area contributed by atoms with Crippen LogP contribution in [0.5, 0.6) is 0 Å². The van der Waals surface area contributed by atoms with Crippen LogP contribution in [0.1, 0.15) is 45.4 Å². The molecule has 0 bridgehead atoms. The molecule has 2 aliphatic rings. The molecule has 2 aliphatic carbocycles. The first kappa shape index (κ1) is 12.8. The Bertz CT molecular complexity index is 292. The zero-order chi connectivity index (χ0) is 12.5. The zero-order valence-electron chi connectivity index (χ0n) is 10.7. The van der Waals surface area contributed by atoms with Gasteiger partial charge in [-0.2, -0.15) is 0 Å². The largest absolute Gasteiger partial charge is 0.394 e. The fourth-order valence-electron chi connectivity index (χ4n) is 2.69. The maximum absolute atomic E-state index is 12.4. The van der Waals surface area contributed by atoms with Crippen LogP contribution in [-0.4, -0.2) is 29.7 Å². The van der Waals surface area contributed by atoms with Crippen molar-refractivity contribution in [2.45, 2.75) is 51.0 Å². The minimum absolute atomic E-state index is 0.0514. The summed E-state index contributed by atoms with van der Waals surface area (Å²) in [5.41, 5.74) is 5.15. The van der Waals surface area contributed by atoms with Crippen LogP contribution in [0.3, 0.4) is 0 Å². The molecule has 0 aromatic carbocycles. The second-order valence-corrected chi connectivity index (χ2v) is 6.06. The van der Waals surface area contributed by atoms with Gasteiger partial charge in [-0.3, -0.25) is 4.79 Å². The fourth-order valence-corrected chi connectivity index (χ4v) is 2.69. The minimum atomic E-state index is -0.378. The van der Waals surface area contributed by atoms with Crippen molar-refractivity contribution in [3.05, 3.63) is 0 Å². The van der Waals surface area contributed by atoms with E-state index in [0.29, 0.717) is 12.5 Å². The van der Waals surface area contributed by atoms with Crippen molar-refractivity contribution in [1.29, 1.82) is 0 Å². The summed E-state index contributed by atoms with van der Waals surface area (Å²) >= 11 is 0. The molecule has 4 nitrogen and oxygen atoms in total. The Hall–Kier alpha value is -0.610. The summed E-state index contributed by atoms with van der Waals surface area (Å²) in [6, 6.07) is 0. The summed E-state index contributed by atoms with van der Waals surface area (Å²) in [5.74, 6) is 0.772. The van der Waals surface area contributed by atoms with Crippen molar-refractivity contribution in [2.24, 2.45) is 17.1 Å². The van der Waals surface area contributed by atoms with Gasteiger partial charge >= 0.3 is 0 Å². The van der Waals surface area contributed by atoms with Gasteiger partial charge in [-0.15, -0.1) is 0 Å². The third-order valence-electron chi connectivity index (χ3n) is 4.64. The van der Waals surface area contributed by atoms with Crippen LogP contribution in [0, 0.1) is 11.3 Å². The van der Waals surface area contributed by atoms with E-state index < -0.39 is 0 Å². The summed E-state index contributed by atoms with van der Waals surface area (Å²) in [6.45, 7) is 2.71. The molecule has 0 spiro atoms. The summed E-state index contributed by atoms with van der Waals surface area (Å²) in [6.07, 6.45) is 5.72. The summed E-state index contributed by atoms with van der Waals surface area (Å²) in [7, 11) is 0. The van der Waals surface area contributed by atoms with Gasteiger partial charge in [-0.1, -0.05) is 6.92 Å². The third kappa shape index (κ3) is 2.47. The van der Waals surface area contributed by atoms with Crippen LogP contribution in [0.15, 0.2) is 0 Å². The van der Waals surface area contributed by atoms with Crippen LogP contribution in [-0.2, 0) is 4.79 Å². The second kappa shape index (κ2) is 4.58. The van der Waals surface area contributed by atoms with E-state index in [9.17, 15) is 9.90 Å². The number of hydrogen-bond donors (Lipinski definition) is 3. The van der Waals surface area contributed by atoms with Gasteiger partial charge in [-0.25, -0.2) is 0 Å². The molecule has 0 saturated heterocycles. The fraction of sp³-hybridized carbons (Fsp3) is 0.923. The Morgan fingerprint density at radius 3 is 2.35 bits per heavy atom. The maximum Gasteiger partial charge on any atom is 0.228 e. The lowest BCUT2D eigenvalue weighted by Gasteiger charge is -2.38. The molecule has 0 aromatic rings. The number of nitrogens with two attached hydrogens (primary N) is 1. The van der Waals surface area contributed by atoms with E-state index in [1.165, 1.54) is 0 Å². The van der Waals surface area contributed by atoms with Crippen LogP contribution in [0.4, 0.5) is 0 Å². The molecular weight excluding hydrogens is 216 g/mol. The van der Waals surface area contributed by atoms with Gasteiger partial charge in [0.2, 0.25) is 5.91 Å². The molecule has 2 saturated carbocycles. The topological polar surface area (TPSA) is 75.4 Å². The van der Waals surface area contributed by atoms with Gasteiger partial charge in [0, 0.05) is 6.54 Å². The van der Waals surface area contributed by atoms with Crippen molar-refractivity contribution >= 4 is 5.91 Å². The van der Waals surface area contributed by atoms with Gasteiger partial charge in [-0.05, 0) is 44.4 Å². The van der Waals surface area contributed by atoms with Gasteiger partial charge in [0.25, 0.3) is 0 Å². The molecule has 17 heavy (non-hydrogen) atoms. The van der Waals surface area contributed by atoms with Crippen molar-refractivity contribution in [1.82, 2.24) is 5.32 Å². The molecule has 2 fully saturated rings. The van der Waals surface area contributed by atoms with Crippen LogP contribution in [0.2, 0.25) is 0 Å². The molecule has 2 rings (SSSR count). The van der Waals surface area contributed by atoms with Crippen LogP contribution >= 0.6 is 0 Å². The molecule has 0 radical (unpaired) electrons. The number of rotatable bonds is 4. The third-order valence-corrected chi connectivity index (χ3v) is 4.64. The van der Waals surface area contributed by atoms with Gasteiger partial charge < -0.3 is 16.2 Å². The SMILES string of the molecule is CC1CCC(CN)(C(=O)NC2(CO)CC2)CC1. The number of aliphatic hydroxyl groups excluding tert-OH is 1. The van der Waals surface area contributed by atoms with E-state index in [1.807, 2.05) is 0 Å². The van der Waals surface area contributed by atoms with E-state index in [2.05, 4.69) is 12.2 Å². The summed E-state index contributed by atoms with van der Waals surface area (Å²) in [4.78, 5) is 12.4. The smallest absolute Gasteiger partial charge is 0.228 e. The number of nitrogens with one attached hydrogen (secondary N) is 1. The molecule has 4 N–H and O–H groups in total. The van der Waals surface area contributed by atoms with Crippen LogP contribution in [0.25, 0.3) is 0 Å². The standard InChI is InChI=1S/C13H24N2O2/c1-10-2-4-12(8-14,5-3-10)11(17)15-13(9-16)6-7-13/h10,16H,2-9,14H2,1H3,(H,15,17). The lowest BCUT2D eigenvalue weighted by Crippen LogP contribution is -2.52. The number of amides is 1. The normalized spacial score (nSPS) is 35.4. The molecule has 0 atom stereocenters. The zero-order valence-corrected chi connectivity index (χ0v) is 10.7. The Labute approximate surface area is 103 Å². The highest BCUT2D eigenvalue weighted by atomic mass is 16.3. The maximum atomic E-state index is 12.4. The van der Waals surface area contributed by atoms with Crippen molar-refractivity contribution in [3.63, 3.8) is 0 Å². The molecule has 0 aromatic heterocycles. The number of aliphatic hydroxyl groups is 1. The van der Waals surface area contributed by atoms with Gasteiger partial charge in [0.05, 0.1) is 17.6 Å². The first-order chi connectivity index (χ1) is 8.06.